The third-order valence-corrected chi connectivity index (χ3v) is 2.88. The summed E-state index contributed by atoms with van der Waals surface area (Å²) in [5.41, 5.74) is 1.97. The summed E-state index contributed by atoms with van der Waals surface area (Å²) in [6, 6.07) is 9.67. The molecule has 2 aromatic heterocycles. The van der Waals surface area contributed by atoms with Crippen LogP contribution in [0.4, 0.5) is 5.69 Å². The van der Waals surface area contributed by atoms with Gasteiger partial charge < -0.3 is 0 Å². The van der Waals surface area contributed by atoms with Crippen LogP contribution in [0.25, 0.3) is 16.9 Å². The average molecular weight is 275 g/mol. The van der Waals surface area contributed by atoms with E-state index in [1.54, 1.807) is 35.0 Å². The SMILES string of the molecule is O=[N+]([O-])c1cccc(-c2cnc3ccc(Cl)nn23)c1. The first-order chi connectivity index (χ1) is 9.15. The molecule has 0 radical (unpaired) electrons. The van der Waals surface area contributed by atoms with Gasteiger partial charge in [0.15, 0.2) is 5.65 Å². The average Bonchev–Trinajstić information content (AvgIpc) is 2.81. The summed E-state index contributed by atoms with van der Waals surface area (Å²) in [4.78, 5) is 14.5. The lowest BCUT2D eigenvalue weighted by atomic mass is 10.1. The molecule has 1 aromatic carbocycles. The molecule has 0 N–H and O–H groups in total. The summed E-state index contributed by atoms with van der Waals surface area (Å²) in [5, 5.41) is 15.3. The van der Waals surface area contributed by atoms with Crippen LogP contribution < -0.4 is 0 Å². The van der Waals surface area contributed by atoms with Crippen molar-refractivity contribution in [2.45, 2.75) is 0 Å². The van der Waals surface area contributed by atoms with Gasteiger partial charge in [0.25, 0.3) is 5.69 Å². The molecule has 19 heavy (non-hydrogen) atoms. The number of halogens is 1. The van der Waals surface area contributed by atoms with Gasteiger partial charge in [-0.2, -0.15) is 5.10 Å². The second kappa shape index (κ2) is 4.33. The van der Waals surface area contributed by atoms with E-state index < -0.39 is 4.92 Å². The van der Waals surface area contributed by atoms with Crippen LogP contribution in [0.5, 0.6) is 0 Å². The highest BCUT2D eigenvalue weighted by atomic mass is 35.5. The topological polar surface area (TPSA) is 73.3 Å². The minimum atomic E-state index is -0.437. The standard InChI is InChI=1S/C12H7ClN4O2/c13-11-4-5-12-14-7-10(16(12)15-11)8-2-1-3-9(6-8)17(18)19/h1-7H. The lowest BCUT2D eigenvalue weighted by molar-refractivity contribution is -0.384. The zero-order valence-electron chi connectivity index (χ0n) is 9.52. The highest BCUT2D eigenvalue weighted by molar-refractivity contribution is 6.29. The quantitative estimate of drug-likeness (QED) is 0.532. The van der Waals surface area contributed by atoms with E-state index >= 15 is 0 Å². The highest BCUT2D eigenvalue weighted by Crippen LogP contribution is 2.24. The number of hydrogen-bond acceptors (Lipinski definition) is 4. The Balaban J connectivity index is 2.21. The molecular formula is C12H7ClN4O2. The van der Waals surface area contributed by atoms with Gasteiger partial charge in [-0.15, -0.1) is 0 Å². The summed E-state index contributed by atoms with van der Waals surface area (Å²) in [6.45, 7) is 0. The van der Waals surface area contributed by atoms with Crippen molar-refractivity contribution in [3.63, 3.8) is 0 Å². The van der Waals surface area contributed by atoms with E-state index in [1.165, 1.54) is 12.1 Å². The van der Waals surface area contributed by atoms with E-state index in [9.17, 15) is 10.1 Å². The molecule has 0 atom stereocenters. The van der Waals surface area contributed by atoms with Crippen LogP contribution in [0, 0.1) is 10.1 Å². The Hall–Kier alpha value is -2.47. The fraction of sp³-hybridized carbons (Fsp3) is 0. The van der Waals surface area contributed by atoms with Crippen LogP contribution in [0.1, 0.15) is 0 Å². The van der Waals surface area contributed by atoms with E-state index in [0.29, 0.717) is 22.1 Å². The molecule has 0 aliphatic carbocycles. The van der Waals surface area contributed by atoms with E-state index in [2.05, 4.69) is 10.1 Å². The van der Waals surface area contributed by atoms with Gasteiger partial charge in [-0.1, -0.05) is 23.7 Å². The molecule has 0 saturated carbocycles. The summed E-state index contributed by atoms with van der Waals surface area (Å²) in [6.07, 6.45) is 1.61. The van der Waals surface area contributed by atoms with Gasteiger partial charge in [0.2, 0.25) is 0 Å². The van der Waals surface area contributed by atoms with Crippen LogP contribution in [-0.2, 0) is 0 Å². The molecule has 2 heterocycles. The Morgan fingerprint density at radius 2 is 2.11 bits per heavy atom. The predicted octanol–water partition coefficient (Wildman–Crippen LogP) is 2.96. The first-order valence-corrected chi connectivity index (χ1v) is 5.78. The van der Waals surface area contributed by atoms with Gasteiger partial charge in [0, 0.05) is 17.7 Å². The Morgan fingerprint density at radius 3 is 2.89 bits per heavy atom. The number of nitrogens with zero attached hydrogens (tertiary/aromatic N) is 4. The van der Waals surface area contributed by atoms with E-state index in [4.69, 9.17) is 11.6 Å². The third-order valence-electron chi connectivity index (χ3n) is 2.68. The van der Waals surface area contributed by atoms with Crippen molar-refractivity contribution in [1.29, 1.82) is 0 Å². The van der Waals surface area contributed by atoms with Crippen molar-refractivity contribution in [3.05, 3.63) is 57.9 Å². The first kappa shape index (κ1) is 11.6. The van der Waals surface area contributed by atoms with Crippen molar-refractivity contribution in [2.75, 3.05) is 0 Å². The Bertz CT molecular complexity index is 784. The maximum absolute atomic E-state index is 10.8. The summed E-state index contributed by atoms with van der Waals surface area (Å²) < 4.78 is 1.56. The number of nitro groups is 1. The monoisotopic (exact) mass is 274 g/mol. The van der Waals surface area contributed by atoms with Crippen LogP contribution in [-0.4, -0.2) is 19.5 Å². The summed E-state index contributed by atoms with van der Waals surface area (Å²) in [5.74, 6) is 0. The van der Waals surface area contributed by atoms with Gasteiger partial charge in [-0.25, -0.2) is 9.50 Å². The fourth-order valence-corrected chi connectivity index (χ4v) is 1.97. The van der Waals surface area contributed by atoms with Crippen molar-refractivity contribution >= 4 is 22.9 Å². The number of non-ortho nitro benzene ring substituents is 1. The summed E-state index contributed by atoms with van der Waals surface area (Å²) >= 11 is 5.85. The van der Waals surface area contributed by atoms with Crippen molar-refractivity contribution < 1.29 is 4.92 Å². The fourth-order valence-electron chi connectivity index (χ4n) is 1.83. The van der Waals surface area contributed by atoms with Gasteiger partial charge in [-0.3, -0.25) is 10.1 Å². The normalized spacial score (nSPS) is 10.8. The van der Waals surface area contributed by atoms with E-state index in [1.807, 2.05) is 0 Å². The molecule has 3 aromatic rings. The minimum Gasteiger partial charge on any atom is -0.258 e. The molecular weight excluding hydrogens is 268 g/mol. The van der Waals surface area contributed by atoms with Crippen LogP contribution >= 0.6 is 11.6 Å². The number of benzene rings is 1. The number of fused-ring (bicyclic) bond motifs is 1. The molecule has 0 saturated heterocycles. The number of hydrogen-bond donors (Lipinski definition) is 0. The first-order valence-electron chi connectivity index (χ1n) is 5.40. The molecule has 0 spiro atoms. The van der Waals surface area contributed by atoms with Gasteiger partial charge in [-0.05, 0) is 12.1 Å². The lowest BCUT2D eigenvalue weighted by Gasteiger charge is -2.01. The zero-order valence-corrected chi connectivity index (χ0v) is 10.3. The molecule has 0 bridgehead atoms. The number of imidazole rings is 1. The molecule has 0 amide bonds. The zero-order chi connectivity index (χ0) is 13.4. The second-order valence-corrected chi connectivity index (χ2v) is 4.26. The third kappa shape index (κ3) is 2.02. The molecule has 3 rings (SSSR count). The minimum absolute atomic E-state index is 0.0227. The Labute approximate surface area is 112 Å². The Kier molecular flexibility index (Phi) is 2.64. The molecule has 6 nitrogen and oxygen atoms in total. The van der Waals surface area contributed by atoms with E-state index in [0.717, 1.165) is 0 Å². The predicted molar refractivity (Wildman–Crippen MR) is 70.1 cm³/mol. The number of nitro benzene ring substituents is 1. The summed E-state index contributed by atoms with van der Waals surface area (Å²) in [7, 11) is 0. The molecule has 0 aliphatic rings. The van der Waals surface area contributed by atoms with Gasteiger partial charge >= 0.3 is 0 Å². The van der Waals surface area contributed by atoms with Crippen molar-refractivity contribution in [2.24, 2.45) is 0 Å². The molecule has 94 valence electrons. The van der Waals surface area contributed by atoms with Crippen molar-refractivity contribution in [1.82, 2.24) is 14.6 Å². The Morgan fingerprint density at radius 1 is 1.26 bits per heavy atom. The number of rotatable bonds is 2. The smallest absolute Gasteiger partial charge is 0.258 e. The maximum atomic E-state index is 10.8. The molecule has 0 unspecified atom stereocenters. The van der Waals surface area contributed by atoms with Gasteiger partial charge in [0.1, 0.15) is 5.15 Å². The van der Waals surface area contributed by atoms with Crippen LogP contribution in [0.2, 0.25) is 5.15 Å². The molecule has 0 fully saturated rings. The number of aromatic nitrogens is 3. The highest BCUT2D eigenvalue weighted by Gasteiger charge is 2.11. The van der Waals surface area contributed by atoms with Crippen molar-refractivity contribution in [3.8, 4) is 11.3 Å². The maximum Gasteiger partial charge on any atom is 0.270 e. The van der Waals surface area contributed by atoms with Crippen LogP contribution in [0.15, 0.2) is 42.6 Å². The van der Waals surface area contributed by atoms with E-state index in [-0.39, 0.29) is 5.69 Å². The lowest BCUT2D eigenvalue weighted by Crippen LogP contribution is -1.95. The largest absolute Gasteiger partial charge is 0.270 e. The molecule has 7 heteroatoms. The van der Waals surface area contributed by atoms with Crippen LogP contribution in [0.3, 0.4) is 0 Å². The second-order valence-electron chi connectivity index (χ2n) is 3.88. The van der Waals surface area contributed by atoms with Gasteiger partial charge in [0.05, 0.1) is 16.8 Å². The molecule has 0 aliphatic heterocycles.